The molecule has 0 aliphatic heterocycles. The summed E-state index contributed by atoms with van der Waals surface area (Å²) in [6, 6.07) is 8.26. The van der Waals surface area contributed by atoms with Gasteiger partial charge in [0, 0.05) is 30.2 Å². The molecule has 1 aromatic rings. The van der Waals surface area contributed by atoms with Gasteiger partial charge in [0.1, 0.15) is 0 Å². The number of halogens is 1. The Morgan fingerprint density at radius 2 is 2.00 bits per heavy atom. The van der Waals surface area contributed by atoms with E-state index in [1.165, 1.54) is 5.56 Å². The first kappa shape index (κ1) is 16.6. The number of likely N-dealkylation sites (N-methyl/N-ethyl adjacent to an activating group) is 1. The van der Waals surface area contributed by atoms with Crippen LogP contribution in [0.25, 0.3) is 0 Å². The fourth-order valence-electron chi connectivity index (χ4n) is 2.02. The van der Waals surface area contributed by atoms with Crippen molar-refractivity contribution in [1.82, 2.24) is 4.90 Å². The Balaban J connectivity index is 2.39. The van der Waals surface area contributed by atoms with Gasteiger partial charge in [-0.15, -0.1) is 0 Å². The summed E-state index contributed by atoms with van der Waals surface area (Å²) in [5.74, 6) is 0. The van der Waals surface area contributed by atoms with Gasteiger partial charge in [-0.2, -0.15) is 0 Å². The molecule has 0 aromatic heterocycles. The van der Waals surface area contributed by atoms with E-state index in [-0.39, 0.29) is 6.04 Å². The van der Waals surface area contributed by atoms with Crippen molar-refractivity contribution in [2.45, 2.75) is 26.3 Å². The van der Waals surface area contributed by atoms with Crippen molar-refractivity contribution in [3.8, 4) is 0 Å². The number of rotatable bonds is 9. The van der Waals surface area contributed by atoms with Gasteiger partial charge in [0.05, 0.1) is 6.61 Å². The second-order valence-corrected chi connectivity index (χ2v) is 5.40. The Labute approximate surface area is 125 Å². The second-order valence-electron chi connectivity index (χ2n) is 4.55. The molecule has 0 spiro atoms. The van der Waals surface area contributed by atoms with Crippen molar-refractivity contribution < 1.29 is 4.74 Å². The number of hydrogen-bond donors (Lipinski definition) is 1. The summed E-state index contributed by atoms with van der Waals surface area (Å²) >= 11 is 3.56. The lowest BCUT2D eigenvalue weighted by molar-refractivity contribution is 0.114. The second kappa shape index (κ2) is 9.48. The topological polar surface area (TPSA) is 38.5 Å². The maximum absolute atomic E-state index is 6.27. The number of benzene rings is 1. The van der Waals surface area contributed by atoms with E-state index in [1.807, 2.05) is 25.1 Å². The maximum atomic E-state index is 6.27. The zero-order valence-corrected chi connectivity index (χ0v) is 13.5. The molecule has 3 nitrogen and oxygen atoms in total. The molecular weight excluding hydrogens is 304 g/mol. The first-order valence-corrected chi connectivity index (χ1v) is 7.78. The summed E-state index contributed by atoms with van der Waals surface area (Å²) in [7, 11) is 0. The van der Waals surface area contributed by atoms with Gasteiger partial charge in [-0.3, -0.25) is 0 Å². The molecule has 19 heavy (non-hydrogen) atoms. The van der Waals surface area contributed by atoms with E-state index in [0.717, 1.165) is 43.7 Å². The van der Waals surface area contributed by atoms with E-state index in [1.54, 1.807) is 0 Å². The summed E-state index contributed by atoms with van der Waals surface area (Å²) in [6.07, 6.45) is 0.961. The number of nitrogens with zero attached hydrogens (tertiary/aromatic N) is 1. The SMILES string of the molecule is CCOCCN(CC)CCC(N)c1ccccc1Br. The summed E-state index contributed by atoms with van der Waals surface area (Å²) < 4.78 is 6.49. The van der Waals surface area contributed by atoms with Crippen molar-refractivity contribution in [3.63, 3.8) is 0 Å². The van der Waals surface area contributed by atoms with Crippen LogP contribution in [0.15, 0.2) is 28.7 Å². The van der Waals surface area contributed by atoms with Crippen molar-refractivity contribution in [3.05, 3.63) is 34.3 Å². The van der Waals surface area contributed by atoms with Crippen molar-refractivity contribution >= 4 is 15.9 Å². The molecule has 0 aliphatic carbocycles. The van der Waals surface area contributed by atoms with Gasteiger partial charge >= 0.3 is 0 Å². The minimum Gasteiger partial charge on any atom is -0.380 e. The third-order valence-corrected chi connectivity index (χ3v) is 3.99. The van der Waals surface area contributed by atoms with Gasteiger partial charge in [0.15, 0.2) is 0 Å². The average Bonchev–Trinajstić information content (AvgIpc) is 2.43. The number of nitrogens with two attached hydrogens (primary N) is 1. The number of ether oxygens (including phenoxy) is 1. The van der Waals surface area contributed by atoms with E-state index < -0.39 is 0 Å². The zero-order chi connectivity index (χ0) is 14.1. The van der Waals surface area contributed by atoms with Crippen LogP contribution < -0.4 is 5.73 Å². The summed E-state index contributed by atoms with van der Waals surface area (Å²) in [5, 5.41) is 0. The molecule has 2 N–H and O–H groups in total. The first-order chi connectivity index (χ1) is 9.19. The van der Waals surface area contributed by atoms with Crippen LogP contribution in [-0.2, 0) is 4.74 Å². The molecule has 0 amide bonds. The molecule has 0 fully saturated rings. The highest BCUT2D eigenvalue weighted by molar-refractivity contribution is 9.10. The Morgan fingerprint density at radius 3 is 2.63 bits per heavy atom. The highest BCUT2D eigenvalue weighted by Crippen LogP contribution is 2.23. The lowest BCUT2D eigenvalue weighted by atomic mass is 10.0. The molecule has 108 valence electrons. The summed E-state index contributed by atoms with van der Waals surface area (Å²) in [6.45, 7) is 8.81. The zero-order valence-electron chi connectivity index (χ0n) is 11.9. The van der Waals surface area contributed by atoms with E-state index in [0.29, 0.717) is 0 Å². The molecule has 4 heteroatoms. The van der Waals surface area contributed by atoms with Gasteiger partial charge in [-0.25, -0.2) is 0 Å². The van der Waals surface area contributed by atoms with Crippen molar-refractivity contribution in [1.29, 1.82) is 0 Å². The quantitative estimate of drug-likeness (QED) is 0.707. The fourth-order valence-corrected chi connectivity index (χ4v) is 2.60. The van der Waals surface area contributed by atoms with Crippen LogP contribution in [0, 0.1) is 0 Å². The van der Waals surface area contributed by atoms with Crippen LogP contribution >= 0.6 is 15.9 Å². The molecule has 0 radical (unpaired) electrons. The first-order valence-electron chi connectivity index (χ1n) is 6.99. The average molecular weight is 329 g/mol. The van der Waals surface area contributed by atoms with E-state index in [2.05, 4.69) is 33.8 Å². The van der Waals surface area contributed by atoms with Crippen LogP contribution in [0.3, 0.4) is 0 Å². The van der Waals surface area contributed by atoms with Crippen LogP contribution in [0.4, 0.5) is 0 Å². The smallest absolute Gasteiger partial charge is 0.0593 e. The highest BCUT2D eigenvalue weighted by Gasteiger charge is 2.11. The minimum atomic E-state index is 0.0803. The van der Waals surface area contributed by atoms with E-state index >= 15 is 0 Å². The molecule has 1 atom stereocenters. The molecule has 1 aromatic carbocycles. The maximum Gasteiger partial charge on any atom is 0.0593 e. The molecule has 0 aliphatic rings. The van der Waals surface area contributed by atoms with Gasteiger partial charge in [-0.05, 0) is 31.5 Å². The Bertz CT molecular complexity index is 360. The normalized spacial score (nSPS) is 12.9. The third-order valence-electron chi connectivity index (χ3n) is 3.26. The predicted octanol–water partition coefficient (Wildman–Crippen LogP) is 3.20. The van der Waals surface area contributed by atoms with E-state index in [9.17, 15) is 0 Å². The van der Waals surface area contributed by atoms with Crippen molar-refractivity contribution in [2.75, 3.05) is 32.8 Å². The third kappa shape index (κ3) is 6.04. The predicted molar refractivity (Wildman–Crippen MR) is 84.3 cm³/mol. The van der Waals surface area contributed by atoms with Gasteiger partial charge in [0.2, 0.25) is 0 Å². The monoisotopic (exact) mass is 328 g/mol. The summed E-state index contributed by atoms with van der Waals surface area (Å²) in [5.41, 5.74) is 7.45. The van der Waals surface area contributed by atoms with Gasteiger partial charge in [0.25, 0.3) is 0 Å². The molecule has 0 heterocycles. The Kier molecular flexibility index (Phi) is 8.30. The number of hydrogen-bond acceptors (Lipinski definition) is 3. The Hall–Kier alpha value is -0.420. The van der Waals surface area contributed by atoms with Crippen LogP contribution in [-0.4, -0.2) is 37.7 Å². The fraction of sp³-hybridized carbons (Fsp3) is 0.600. The van der Waals surface area contributed by atoms with Gasteiger partial charge in [-0.1, -0.05) is 41.1 Å². The van der Waals surface area contributed by atoms with E-state index in [4.69, 9.17) is 10.5 Å². The molecular formula is C15H25BrN2O. The molecule has 0 bridgehead atoms. The Morgan fingerprint density at radius 1 is 1.26 bits per heavy atom. The molecule has 0 saturated heterocycles. The van der Waals surface area contributed by atoms with Gasteiger partial charge < -0.3 is 15.4 Å². The minimum absolute atomic E-state index is 0.0803. The van der Waals surface area contributed by atoms with Crippen LogP contribution in [0.1, 0.15) is 31.9 Å². The molecule has 0 saturated carbocycles. The van der Waals surface area contributed by atoms with Crippen LogP contribution in [0.2, 0.25) is 0 Å². The molecule has 1 unspecified atom stereocenters. The highest BCUT2D eigenvalue weighted by atomic mass is 79.9. The van der Waals surface area contributed by atoms with Crippen molar-refractivity contribution in [2.24, 2.45) is 5.73 Å². The largest absolute Gasteiger partial charge is 0.380 e. The summed E-state index contributed by atoms with van der Waals surface area (Å²) in [4.78, 5) is 2.38. The van der Waals surface area contributed by atoms with Crippen LogP contribution in [0.5, 0.6) is 0 Å². The molecule has 1 rings (SSSR count). The standard InChI is InChI=1S/C15H25BrN2O/c1-3-18(11-12-19-4-2)10-9-15(17)13-7-5-6-8-14(13)16/h5-8,15H,3-4,9-12,17H2,1-2H3. The lowest BCUT2D eigenvalue weighted by Crippen LogP contribution is -2.30. The lowest BCUT2D eigenvalue weighted by Gasteiger charge is -2.22.